The molecule has 1 heterocycles. The number of benzene rings is 2. The molecule has 2 aromatic carbocycles. The summed E-state index contributed by atoms with van der Waals surface area (Å²) in [7, 11) is 0. The molecule has 0 saturated carbocycles. The van der Waals surface area contributed by atoms with Crippen molar-refractivity contribution in [2.75, 3.05) is 5.32 Å². The van der Waals surface area contributed by atoms with Gasteiger partial charge in [0.15, 0.2) is 5.50 Å². The van der Waals surface area contributed by atoms with Crippen molar-refractivity contribution in [1.29, 1.82) is 0 Å². The standard InChI is InChI=1S/C17H13ClI2N2O2S/c1-8-2-3-10(18)7-13(8)21-17-22-16(24)14(25-17)6-9-4-11(19)15(23)12(20)5-9/h2-7,17,21,23H,1H3,(H,22,24)/b14-6-. The Hall–Kier alpha value is -0.650. The van der Waals surface area contributed by atoms with Gasteiger partial charge in [-0.2, -0.15) is 0 Å². The van der Waals surface area contributed by atoms with Crippen molar-refractivity contribution in [1.82, 2.24) is 5.32 Å². The van der Waals surface area contributed by atoms with Gasteiger partial charge in [0.1, 0.15) is 5.75 Å². The van der Waals surface area contributed by atoms with E-state index in [1.54, 1.807) is 0 Å². The number of nitrogens with one attached hydrogen (secondary N) is 2. The van der Waals surface area contributed by atoms with Gasteiger partial charge in [-0.15, -0.1) is 0 Å². The molecule has 0 aromatic heterocycles. The lowest BCUT2D eigenvalue weighted by molar-refractivity contribution is -0.116. The Bertz CT molecular complexity index is 866. The zero-order valence-electron chi connectivity index (χ0n) is 12.9. The summed E-state index contributed by atoms with van der Waals surface area (Å²) in [6.07, 6.45) is 1.83. The van der Waals surface area contributed by atoms with Gasteiger partial charge >= 0.3 is 0 Å². The van der Waals surface area contributed by atoms with Crippen molar-refractivity contribution in [2.45, 2.75) is 12.4 Å². The zero-order valence-corrected chi connectivity index (χ0v) is 18.8. The van der Waals surface area contributed by atoms with Crippen LogP contribution in [0.15, 0.2) is 35.2 Å². The van der Waals surface area contributed by atoms with Crippen molar-refractivity contribution in [3.8, 4) is 5.75 Å². The van der Waals surface area contributed by atoms with Crippen LogP contribution in [0, 0.1) is 14.1 Å². The SMILES string of the molecule is Cc1ccc(Cl)cc1NC1NC(=O)/C(=C/c2cc(I)c(O)c(I)c2)S1. The lowest BCUT2D eigenvalue weighted by atomic mass is 10.2. The van der Waals surface area contributed by atoms with E-state index in [2.05, 4.69) is 55.8 Å². The second kappa shape index (κ2) is 7.93. The number of aryl methyl sites for hydroxylation is 1. The number of amides is 1. The summed E-state index contributed by atoms with van der Waals surface area (Å²) in [5.74, 6) is 0.142. The van der Waals surface area contributed by atoms with E-state index in [9.17, 15) is 9.90 Å². The Morgan fingerprint density at radius 1 is 1.28 bits per heavy atom. The third-order valence-corrected chi connectivity index (χ3v) is 6.46. The van der Waals surface area contributed by atoms with Gasteiger partial charge in [-0.1, -0.05) is 29.4 Å². The molecule has 0 bridgehead atoms. The van der Waals surface area contributed by atoms with Crippen LogP contribution >= 0.6 is 68.5 Å². The first-order valence-corrected chi connectivity index (χ1v) is 10.6. The fraction of sp³-hybridized carbons (Fsp3) is 0.118. The maximum atomic E-state index is 12.2. The Morgan fingerprint density at radius 2 is 1.96 bits per heavy atom. The molecule has 1 atom stereocenters. The number of carbonyl (C=O) groups excluding carboxylic acids is 1. The fourth-order valence-corrected chi connectivity index (χ4v) is 5.24. The highest BCUT2D eigenvalue weighted by Gasteiger charge is 2.27. The minimum atomic E-state index is -0.258. The Balaban J connectivity index is 1.79. The van der Waals surface area contributed by atoms with Gasteiger partial charge in [0.05, 0.1) is 12.0 Å². The van der Waals surface area contributed by atoms with E-state index in [1.807, 2.05) is 43.3 Å². The average molecular weight is 599 g/mol. The number of thioether (sulfide) groups is 1. The molecule has 0 spiro atoms. The van der Waals surface area contributed by atoms with Gasteiger partial charge < -0.3 is 15.7 Å². The molecule has 0 aliphatic carbocycles. The van der Waals surface area contributed by atoms with Crippen LogP contribution in [0.1, 0.15) is 11.1 Å². The molecule has 1 amide bonds. The molecule has 2 aromatic rings. The van der Waals surface area contributed by atoms with E-state index in [4.69, 9.17) is 11.6 Å². The molecular weight excluding hydrogens is 586 g/mol. The maximum absolute atomic E-state index is 12.2. The third-order valence-electron chi connectivity index (χ3n) is 3.55. The van der Waals surface area contributed by atoms with E-state index < -0.39 is 0 Å². The van der Waals surface area contributed by atoms with Crippen LogP contribution in [-0.2, 0) is 4.79 Å². The summed E-state index contributed by atoms with van der Waals surface area (Å²) in [5.41, 5.74) is 2.56. The molecule has 8 heteroatoms. The first kappa shape index (κ1) is 19.1. The number of hydrogen-bond donors (Lipinski definition) is 3. The van der Waals surface area contributed by atoms with Crippen LogP contribution in [0.3, 0.4) is 0 Å². The summed E-state index contributed by atoms with van der Waals surface area (Å²) in [6.45, 7) is 1.98. The number of hydrogen-bond acceptors (Lipinski definition) is 4. The Labute approximate surface area is 182 Å². The highest BCUT2D eigenvalue weighted by Crippen LogP contribution is 2.33. The summed E-state index contributed by atoms with van der Waals surface area (Å²) in [4.78, 5) is 12.9. The van der Waals surface area contributed by atoms with Gasteiger partial charge in [-0.3, -0.25) is 4.79 Å². The van der Waals surface area contributed by atoms with Gasteiger partial charge in [-0.25, -0.2) is 0 Å². The zero-order chi connectivity index (χ0) is 18.1. The molecule has 4 nitrogen and oxygen atoms in total. The van der Waals surface area contributed by atoms with Crippen molar-refractivity contribution in [3.05, 3.63) is 58.5 Å². The minimum absolute atomic E-state index is 0.125. The molecule has 3 N–H and O–H groups in total. The maximum Gasteiger partial charge on any atom is 0.260 e. The first-order valence-electron chi connectivity index (χ1n) is 7.23. The molecule has 1 aliphatic rings. The van der Waals surface area contributed by atoms with Crippen molar-refractivity contribution in [3.63, 3.8) is 0 Å². The summed E-state index contributed by atoms with van der Waals surface area (Å²) < 4.78 is 1.51. The van der Waals surface area contributed by atoms with E-state index in [0.29, 0.717) is 9.93 Å². The largest absolute Gasteiger partial charge is 0.506 e. The van der Waals surface area contributed by atoms with Gasteiger partial charge in [0.2, 0.25) is 0 Å². The highest BCUT2D eigenvalue weighted by atomic mass is 127. The van der Waals surface area contributed by atoms with E-state index in [0.717, 1.165) is 24.0 Å². The fourth-order valence-electron chi connectivity index (χ4n) is 2.28. The molecular formula is C17H13ClI2N2O2S. The molecule has 1 saturated heterocycles. The number of anilines is 1. The predicted molar refractivity (Wildman–Crippen MR) is 121 cm³/mol. The van der Waals surface area contributed by atoms with Crippen LogP contribution in [0.2, 0.25) is 5.02 Å². The number of phenolic OH excluding ortho intramolecular Hbond substituents is 1. The van der Waals surface area contributed by atoms with Gasteiger partial charge in [0.25, 0.3) is 5.91 Å². The number of halogens is 3. The van der Waals surface area contributed by atoms with Crippen LogP contribution in [0.5, 0.6) is 5.75 Å². The van der Waals surface area contributed by atoms with Gasteiger partial charge in [-0.05, 0) is 93.6 Å². The summed E-state index contributed by atoms with van der Waals surface area (Å²) in [5, 5.41) is 16.7. The van der Waals surface area contributed by atoms with E-state index in [-0.39, 0.29) is 17.2 Å². The lowest BCUT2D eigenvalue weighted by Crippen LogP contribution is -2.31. The predicted octanol–water partition coefficient (Wildman–Crippen LogP) is 5.16. The topological polar surface area (TPSA) is 61.4 Å². The smallest absolute Gasteiger partial charge is 0.260 e. The Kier molecular flexibility index (Phi) is 6.07. The van der Waals surface area contributed by atoms with Crippen LogP contribution < -0.4 is 10.6 Å². The summed E-state index contributed by atoms with van der Waals surface area (Å²) >= 11 is 11.6. The number of rotatable bonds is 3. The molecule has 1 unspecified atom stereocenters. The number of phenols is 1. The molecule has 3 rings (SSSR count). The normalized spacial score (nSPS) is 18.5. The van der Waals surface area contributed by atoms with Crippen molar-refractivity contribution < 1.29 is 9.90 Å². The van der Waals surface area contributed by atoms with Crippen LogP contribution in [0.4, 0.5) is 5.69 Å². The highest BCUT2D eigenvalue weighted by molar-refractivity contribution is 14.1. The van der Waals surface area contributed by atoms with Crippen molar-refractivity contribution >= 4 is 86.2 Å². The molecule has 1 fully saturated rings. The lowest BCUT2D eigenvalue weighted by Gasteiger charge is -2.15. The number of carbonyl (C=O) groups is 1. The average Bonchev–Trinajstić information content (AvgIpc) is 2.88. The van der Waals surface area contributed by atoms with E-state index >= 15 is 0 Å². The van der Waals surface area contributed by atoms with E-state index in [1.165, 1.54) is 11.8 Å². The number of aromatic hydroxyl groups is 1. The molecule has 25 heavy (non-hydrogen) atoms. The Morgan fingerprint density at radius 3 is 2.64 bits per heavy atom. The quantitative estimate of drug-likeness (QED) is 0.338. The monoisotopic (exact) mass is 598 g/mol. The molecule has 1 aliphatic heterocycles. The minimum Gasteiger partial charge on any atom is -0.506 e. The van der Waals surface area contributed by atoms with Crippen LogP contribution in [0.25, 0.3) is 6.08 Å². The van der Waals surface area contributed by atoms with Crippen molar-refractivity contribution in [2.24, 2.45) is 0 Å². The third kappa shape index (κ3) is 4.55. The summed E-state index contributed by atoms with van der Waals surface area (Å²) in [6, 6.07) is 9.31. The molecule has 0 radical (unpaired) electrons. The molecule has 130 valence electrons. The van der Waals surface area contributed by atoms with Crippen LogP contribution in [-0.4, -0.2) is 16.5 Å². The van der Waals surface area contributed by atoms with Gasteiger partial charge in [0, 0.05) is 10.7 Å². The first-order chi connectivity index (χ1) is 11.8. The second-order valence-electron chi connectivity index (χ2n) is 5.42. The second-order valence-corrected chi connectivity index (χ2v) is 9.32.